The van der Waals surface area contributed by atoms with Crippen LogP contribution >= 0.6 is 0 Å². The third kappa shape index (κ3) is 6.98. The van der Waals surface area contributed by atoms with Gasteiger partial charge >= 0.3 is 7.12 Å². The summed E-state index contributed by atoms with van der Waals surface area (Å²) in [6.07, 6.45) is 14.0. The van der Waals surface area contributed by atoms with E-state index >= 15 is 8.78 Å². The van der Waals surface area contributed by atoms with E-state index in [-0.39, 0.29) is 17.3 Å². The Morgan fingerprint density at radius 3 is 2.08 bits per heavy atom. The topological polar surface area (TPSA) is 18.5 Å². The van der Waals surface area contributed by atoms with Crippen LogP contribution in [0.3, 0.4) is 0 Å². The minimum atomic E-state index is -0.854. The van der Waals surface area contributed by atoms with Gasteiger partial charge in [0.2, 0.25) is 0 Å². The highest BCUT2D eigenvalue weighted by atomic mass is 19.2. The number of benzene rings is 2. The van der Waals surface area contributed by atoms with Crippen LogP contribution in [0.5, 0.6) is 0 Å². The van der Waals surface area contributed by atoms with E-state index in [2.05, 4.69) is 38.1 Å². The highest BCUT2D eigenvalue weighted by Crippen LogP contribution is 2.39. The molecule has 0 radical (unpaired) electrons. The van der Waals surface area contributed by atoms with Crippen molar-refractivity contribution in [1.82, 2.24) is 0 Å². The number of aryl methyl sites for hydroxylation is 1. The molecule has 0 amide bonds. The molecular weight excluding hydrogens is 453 g/mol. The lowest BCUT2D eigenvalue weighted by Crippen LogP contribution is -2.45. The van der Waals surface area contributed by atoms with Gasteiger partial charge in [-0.3, -0.25) is 0 Å². The first kappa shape index (κ1) is 27.3. The first-order valence-corrected chi connectivity index (χ1v) is 14.4. The van der Waals surface area contributed by atoms with Gasteiger partial charge in [-0.2, -0.15) is 0 Å². The van der Waals surface area contributed by atoms with Crippen molar-refractivity contribution in [3.05, 3.63) is 64.7 Å². The summed E-state index contributed by atoms with van der Waals surface area (Å²) in [5, 5.41) is 0. The zero-order valence-electron chi connectivity index (χ0n) is 22.2. The lowest BCUT2D eigenvalue weighted by atomic mass is 9.73. The maximum Gasteiger partial charge on any atom is 0.497 e. The maximum atomic E-state index is 15.2. The van der Waals surface area contributed by atoms with Crippen molar-refractivity contribution >= 4 is 12.6 Å². The van der Waals surface area contributed by atoms with Crippen LogP contribution < -0.4 is 5.46 Å². The van der Waals surface area contributed by atoms with Crippen molar-refractivity contribution in [2.45, 2.75) is 103 Å². The zero-order valence-corrected chi connectivity index (χ0v) is 22.2. The summed E-state index contributed by atoms with van der Waals surface area (Å²) in [6.45, 7) is 5.32. The minimum Gasteiger partial charge on any atom is -0.406 e. The van der Waals surface area contributed by atoms with Crippen LogP contribution in [0.15, 0.2) is 36.4 Å². The smallest absolute Gasteiger partial charge is 0.406 e. The van der Waals surface area contributed by atoms with E-state index in [1.54, 1.807) is 12.1 Å². The number of unbranched alkanes of at least 4 members (excludes halogenated alkanes) is 4. The molecule has 4 rings (SSSR count). The third-order valence-electron chi connectivity index (χ3n) is 8.32. The van der Waals surface area contributed by atoms with Gasteiger partial charge in [0.1, 0.15) is 0 Å². The SMILES string of the molecule is CCCCCc1ccc(C2COB(c3ccc(C4CCC(CCCCC)CC4)c(F)c3F)OC2)cc1. The fourth-order valence-electron chi connectivity index (χ4n) is 5.93. The molecule has 2 aliphatic rings. The van der Waals surface area contributed by atoms with Crippen molar-refractivity contribution in [2.24, 2.45) is 5.92 Å². The van der Waals surface area contributed by atoms with Crippen molar-refractivity contribution in [3.8, 4) is 0 Å². The summed E-state index contributed by atoms with van der Waals surface area (Å²) < 4.78 is 42.1. The Morgan fingerprint density at radius 2 is 1.42 bits per heavy atom. The number of rotatable bonds is 11. The molecule has 5 heteroatoms. The number of hydrogen-bond acceptors (Lipinski definition) is 2. The van der Waals surface area contributed by atoms with Crippen molar-refractivity contribution in [2.75, 3.05) is 13.2 Å². The largest absolute Gasteiger partial charge is 0.497 e. The Balaban J connectivity index is 1.30. The van der Waals surface area contributed by atoms with Gasteiger partial charge in [0.15, 0.2) is 11.6 Å². The van der Waals surface area contributed by atoms with Gasteiger partial charge in [0.25, 0.3) is 0 Å². The van der Waals surface area contributed by atoms with E-state index in [0.717, 1.165) is 38.0 Å². The van der Waals surface area contributed by atoms with Gasteiger partial charge in [-0.05, 0) is 67.1 Å². The van der Waals surface area contributed by atoms with Gasteiger partial charge in [-0.25, -0.2) is 8.78 Å². The van der Waals surface area contributed by atoms with Gasteiger partial charge in [0, 0.05) is 24.6 Å². The summed E-state index contributed by atoms with van der Waals surface area (Å²) in [7, 11) is -0.854. The van der Waals surface area contributed by atoms with E-state index in [0.29, 0.717) is 18.8 Å². The van der Waals surface area contributed by atoms with Crippen LogP contribution in [0.2, 0.25) is 0 Å². The second kappa shape index (κ2) is 13.7. The molecule has 0 N–H and O–H groups in total. The molecule has 0 spiro atoms. The predicted molar refractivity (Wildman–Crippen MR) is 145 cm³/mol. The molecule has 2 nitrogen and oxygen atoms in total. The van der Waals surface area contributed by atoms with E-state index in [1.807, 2.05) is 0 Å². The highest BCUT2D eigenvalue weighted by Gasteiger charge is 2.35. The maximum absolute atomic E-state index is 15.2. The Bertz CT molecular complexity index is 932. The summed E-state index contributed by atoms with van der Waals surface area (Å²) in [5.74, 6) is -0.564. The molecule has 1 aliphatic heterocycles. The average Bonchev–Trinajstić information content (AvgIpc) is 2.92. The molecule has 2 fully saturated rings. The molecule has 196 valence electrons. The van der Waals surface area contributed by atoms with Crippen molar-refractivity contribution in [1.29, 1.82) is 0 Å². The highest BCUT2D eigenvalue weighted by molar-refractivity contribution is 6.61. The standard InChI is InChI=1S/C31H43BF2O2/c1-3-5-7-9-23-11-15-25(16-12-23)27-21-35-32(36-22-27)29-20-19-28(30(33)31(29)34)26-17-13-24(14-18-26)10-8-6-4-2/h11-12,15-16,19-20,24,26-27H,3-10,13-14,17-18,21-22H2,1-2H3. The molecule has 0 unspecified atom stereocenters. The van der Waals surface area contributed by atoms with Gasteiger partial charge in [-0.15, -0.1) is 0 Å². The Labute approximate surface area is 217 Å². The van der Waals surface area contributed by atoms with Crippen LogP contribution in [-0.4, -0.2) is 20.3 Å². The lowest BCUT2D eigenvalue weighted by molar-refractivity contribution is 0.120. The van der Waals surface area contributed by atoms with E-state index in [1.165, 1.54) is 56.1 Å². The molecule has 1 aliphatic carbocycles. The normalized spacial score (nSPS) is 21.2. The van der Waals surface area contributed by atoms with Crippen LogP contribution in [0.4, 0.5) is 8.78 Å². The first-order chi connectivity index (χ1) is 17.6. The van der Waals surface area contributed by atoms with E-state index < -0.39 is 18.8 Å². The quantitative estimate of drug-likeness (QED) is 0.231. The minimum absolute atomic E-state index is 0.102. The predicted octanol–water partition coefficient (Wildman–Crippen LogP) is 8.08. The van der Waals surface area contributed by atoms with E-state index in [9.17, 15) is 0 Å². The monoisotopic (exact) mass is 496 g/mol. The van der Waals surface area contributed by atoms with Crippen LogP contribution in [0.25, 0.3) is 0 Å². The van der Waals surface area contributed by atoms with Crippen LogP contribution in [0.1, 0.15) is 113 Å². The van der Waals surface area contributed by atoms with Crippen LogP contribution in [0, 0.1) is 17.6 Å². The number of hydrogen-bond donors (Lipinski definition) is 0. The van der Waals surface area contributed by atoms with Gasteiger partial charge < -0.3 is 9.31 Å². The average molecular weight is 496 g/mol. The second-order valence-electron chi connectivity index (χ2n) is 11.0. The van der Waals surface area contributed by atoms with E-state index in [4.69, 9.17) is 9.31 Å². The Morgan fingerprint density at radius 1 is 0.750 bits per heavy atom. The molecule has 0 atom stereocenters. The molecule has 36 heavy (non-hydrogen) atoms. The third-order valence-corrected chi connectivity index (χ3v) is 8.32. The molecule has 1 heterocycles. The second-order valence-corrected chi connectivity index (χ2v) is 11.0. The first-order valence-electron chi connectivity index (χ1n) is 14.4. The lowest BCUT2D eigenvalue weighted by Gasteiger charge is -2.30. The molecule has 0 bridgehead atoms. The van der Waals surface area contributed by atoms with Crippen molar-refractivity contribution < 1.29 is 18.1 Å². The van der Waals surface area contributed by atoms with Gasteiger partial charge in [0.05, 0.1) is 0 Å². The van der Waals surface area contributed by atoms with Crippen molar-refractivity contribution in [3.63, 3.8) is 0 Å². The summed E-state index contributed by atoms with van der Waals surface area (Å²) in [5.41, 5.74) is 3.22. The fourth-order valence-corrected chi connectivity index (χ4v) is 5.93. The fraction of sp³-hybridized carbons (Fsp3) is 0.613. The van der Waals surface area contributed by atoms with Gasteiger partial charge in [-0.1, -0.05) is 88.8 Å². The molecular formula is C31H43BF2O2. The Hall–Kier alpha value is -1.72. The van der Waals surface area contributed by atoms with Crippen LogP contribution in [-0.2, 0) is 15.7 Å². The molecule has 0 aromatic heterocycles. The zero-order chi connectivity index (χ0) is 25.3. The Kier molecular flexibility index (Phi) is 10.4. The molecule has 2 aromatic carbocycles. The summed E-state index contributed by atoms with van der Waals surface area (Å²) in [6, 6.07) is 12.1. The summed E-state index contributed by atoms with van der Waals surface area (Å²) >= 11 is 0. The number of halogens is 2. The summed E-state index contributed by atoms with van der Waals surface area (Å²) in [4.78, 5) is 0. The molecule has 1 saturated carbocycles. The molecule has 1 saturated heterocycles. The molecule has 2 aromatic rings.